The van der Waals surface area contributed by atoms with Crippen LogP contribution in [0.15, 0.2) is 60.7 Å². The van der Waals surface area contributed by atoms with E-state index in [2.05, 4.69) is 32.7 Å². The second kappa shape index (κ2) is 9.14. The van der Waals surface area contributed by atoms with Gasteiger partial charge in [-0.3, -0.25) is 4.79 Å². The first-order valence-electron chi connectivity index (χ1n) is 8.80. The highest BCUT2D eigenvalue weighted by Crippen LogP contribution is 2.16. The summed E-state index contributed by atoms with van der Waals surface area (Å²) in [5.74, 6) is 0.890. The molecule has 0 unspecified atom stereocenters. The second-order valence-electron chi connectivity index (χ2n) is 6.17. The molecule has 0 aliphatic carbocycles. The van der Waals surface area contributed by atoms with Crippen molar-refractivity contribution in [3.05, 3.63) is 82.8 Å². The van der Waals surface area contributed by atoms with E-state index >= 15 is 0 Å². The molecule has 2 N–H and O–H groups in total. The predicted molar refractivity (Wildman–Crippen MR) is 109 cm³/mol. The first-order chi connectivity index (χ1) is 13.1. The van der Waals surface area contributed by atoms with Gasteiger partial charge in [-0.2, -0.15) is 0 Å². The summed E-state index contributed by atoms with van der Waals surface area (Å²) in [5.41, 5.74) is 2.24. The molecule has 1 amide bonds. The van der Waals surface area contributed by atoms with Crippen molar-refractivity contribution in [2.75, 3.05) is 17.2 Å². The smallest absolute Gasteiger partial charge is 0.274 e. The first kappa shape index (κ1) is 18.9. The number of carbonyl (C=O) groups excluding carboxylic acids is 1. The highest BCUT2D eigenvalue weighted by molar-refractivity contribution is 6.30. The van der Waals surface area contributed by atoms with Gasteiger partial charge in [-0.05, 0) is 43.5 Å². The summed E-state index contributed by atoms with van der Waals surface area (Å²) in [6, 6.07) is 19.0. The number of aryl methyl sites for hydroxylation is 2. The Kier molecular flexibility index (Phi) is 6.39. The summed E-state index contributed by atoms with van der Waals surface area (Å²) < 4.78 is 0. The van der Waals surface area contributed by atoms with E-state index in [-0.39, 0.29) is 5.91 Å². The number of hydrogen-bond acceptors (Lipinski definition) is 4. The zero-order valence-corrected chi connectivity index (χ0v) is 15.8. The summed E-state index contributed by atoms with van der Waals surface area (Å²) in [6.07, 6.45) is 1.96. The molecule has 0 saturated heterocycles. The van der Waals surface area contributed by atoms with Gasteiger partial charge < -0.3 is 10.6 Å². The van der Waals surface area contributed by atoms with Crippen LogP contribution in [-0.2, 0) is 6.42 Å². The Hall–Kier alpha value is -2.92. The fourth-order valence-electron chi connectivity index (χ4n) is 2.69. The molecule has 1 heterocycles. The first-order valence-corrected chi connectivity index (χ1v) is 9.18. The molecule has 3 aromatic rings. The maximum Gasteiger partial charge on any atom is 0.274 e. The predicted octanol–water partition coefficient (Wildman–Crippen LogP) is 4.74. The summed E-state index contributed by atoms with van der Waals surface area (Å²) in [5, 5.41) is 6.64. The third-order valence-corrected chi connectivity index (χ3v) is 4.18. The average molecular weight is 381 g/mol. The normalized spacial score (nSPS) is 10.4. The number of anilines is 2. The lowest BCUT2D eigenvalue weighted by molar-refractivity contribution is 0.102. The quantitative estimate of drug-likeness (QED) is 0.581. The molecule has 5 nitrogen and oxygen atoms in total. The standard InChI is InChI=1S/C21H21ClN4O/c1-15-24-19(21(27)26-18-11-5-10-17(22)13-18)14-20(25-15)23-12-6-9-16-7-3-2-4-8-16/h2-5,7-8,10-11,13-14H,6,9,12H2,1H3,(H,26,27)(H,23,24,25). The van der Waals surface area contributed by atoms with Crippen molar-refractivity contribution in [2.24, 2.45) is 0 Å². The van der Waals surface area contributed by atoms with Crippen LogP contribution in [0.1, 0.15) is 28.3 Å². The van der Waals surface area contributed by atoms with Crippen LogP contribution in [0.3, 0.4) is 0 Å². The SMILES string of the molecule is Cc1nc(NCCCc2ccccc2)cc(C(=O)Nc2cccc(Cl)c2)n1. The van der Waals surface area contributed by atoms with Crippen LogP contribution in [0.4, 0.5) is 11.5 Å². The van der Waals surface area contributed by atoms with Gasteiger partial charge in [0.2, 0.25) is 0 Å². The molecule has 0 atom stereocenters. The molecule has 1 aromatic heterocycles. The van der Waals surface area contributed by atoms with Gasteiger partial charge in [0.15, 0.2) is 0 Å². The minimum atomic E-state index is -0.296. The topological polar surface area (TPSA) is 66.9 Å². The van der Waals surface area contributed by atoms with Crippen molar-refractivity contribution in [1.29, 1.82) is 0 Å². The van der Waals surface area contributed by atoms with Crippen LogP contribution in [0.2, 0.25) is 5.02 Å². The van der Waals surface area contributed by atoms with Crippen LogP contribution in [-0.4, -0.2) is 22.4 Å². The number of hydrogen-bond donors (Lipinski definition) is 2. The average Bonchev–Trinajstić information content (AvgIpc) is 2.66. The molecule has 0 bridgehead atoms. The Morgan fingerprint density at radius 1 is 1.04 bits per heavy atom. The van der Waals surface area contributed by atoms with Crippen molar-refractivity contribution >= 4 is 29.0 Å². The fraction of sp³-hybridized carbons (Fsp3) is 0.190. The molecule has 0 aliphatic heterocycles. The Morgan fingerprint density at radius 3 is 2.63 bits per heavy atom. The van der Waals surface area contributed by atoms with Gasteiger partial charge in [0.05, 0.1) is 0 Å². The van der Waals surface area contributed by atoms with Gasteiger partial charge in [-0.15, -0.1) is 0 Å². The van der Waals surface area contributed by atoms with Gasteiger partial charge in [0.25, 0.3) is 5.91 Å². The Balaban J connectivity index is 1.59. The summed E-state index contributed by atoms with van der Waals surface area (Å²) in [6.45, 7) is 2.53. The largest absolute Gasteiger partial charge is 0.370 e. The number of nitrogens with one attached hydrogen (secondary N) is 2. The minimum Gasteiger partial charge on any atom is -0.370 e. The Labute approximate surface area is 163 Å². The van der Waals surface area contributed by atoms with Gasteiger partial charge in [0, 0.05) is 23.3 Å². The van der Waals surface area contributed by atoms with Gasteiger partial charge in [-0.25, -0.2) is 9.97 Å². The third kappa shape index (κ3) is 5.79. The van der Waals surface area contributed by atoms with Gasteiger partial charge >= 0.3 is 0 Å². The van der Waals surface area contributed by atoms with Gasteiger partial charge in [-0.1, -0.05) is 48.0 Å². The van der Waals surface area contributed by atoms with Gasteiger partial charge in [0.1, 0.15) is 17.3 Å². The van der Waals surface area contributed by atoms with E-state index in [1.54, 1.807) is 37.3 Å². The number of carbonyl (C=O) groups is 1. The fourth-order valence-corrected chi connectivity index (χ4v) is 2.88. The molecule has 0 radical (unpaired) electrons. The summed E-state index contributed by atoms with van der Waals surface area (Å²) in [7, 11) is 0. The Morgan fingerprint density at radius 2 is 1.85 bits per heavy atom. The number of amides is 1. The third-order valence-electron chi connectivity index (χ3n) is 3.94. The van der Waals surface area contributed by atoms with Crippen molar-refractivity contribution in [1.82, 2.24) is 9.97 Å². The zero-order valence-electron chi connectivity index (χ0n) is 15.1. The number of nitrogens with zero attached hydrogens (tertiary/aromatic N) is 2. The summed E-state index contributed by atoms with van der Waals surface area (Å²) >= 11 is 5.95. The molecule has 0 spiro atoms. The van der Waals surface area contributed by atoms with E-state index in [1.165, 1.54) is 5.56 Å². The van der Waals surface area contributed by atoms with E-state index in [9.17, 15) is 4.79 Å². The molecular weight excluding hydrogens is 360 g/mol. The monoisotopic (exact) mass is 380 g/mol. The zero-order chi connectivity index (χ0) is 19.1. The van der Waals surface area contributed by atoms with E-state index in [1.807, 2.05) is 18.2 Å². The lowest BCUT2D eigenvalue weighted by Crippen LogP contribution is -2.16. The highest BCUT2D eigenvalue weighted by atomic mass is 35.5. The molecule has 0 fully saturated rings. The van der Waals surface area contributed by atoms with Crippen LogP contribution >= 0.6 is 11.6 Å². The van der Waals surface area contributed by atoms with Crippen molar-refractivity contribution in [3.8, 4) is 0 Å². The van der Waals surface area contributed by atoms with Crippen LogP contribution in [0.5, 0.6) is 0 Å². The van der Waals surface area contributed by atoms with Crippen molar-refractivity contribution < 1.29 is 4.79 Å². The molecule has 27 heavy (non-hydrogen) atoms. The molecular formula is C21H21ClN4O. The molecule has 138 valence electrons. The maximum atomic E-state index is 12.5. The van der Waals surface area contributed by atoms with E-state index in [4.69, 9.17) is 11.6 Å². The van der Waals surface area contributed by atoms with Crippen LogP contribution < -0.4 is 10.6 Å². The van der Waals surface area contributed by atoms with Crippen LogP contribution in [0.25, 0.3) is 0 Å². The molecule has 0 aliphatic rings. The van der Waals surface area contributed by atoms with E-state index in [0.29, 0.717) is 28.0 Å². The minimum absolute atomic E-state index is 0.296. The molecule has 0 saturated carbocycles. The summed E-state index contributed by atoms with van der Waals surface area (Å²) in [4.78, 5) is 21.1. The Bertz CT molecular complexity index is 915. The van der Waals surface area contributed by atoms with Crippen LogP contribution in [0, 0.1) is 6.92 Å². The number of rotatable bonds is 7. The number of aromatic nitrogens is 2. The lowest BCUT2D eigenvalue weighted by atomic mass is 10.1. The molecule has 3 rings (SSSR count). The molecule has 2 aromatic carbocycles. The van der Waals surface area contributed by atoms with E-state index in [0.717, 1.165) is 19.4 Å². The maximum absolute atomic E-state index is 12.5. The lowest BCUT2D eigenvalue weighted by Gasteiger charge is -2.09. The molecule has 6 heteroatoms. The highest BCUT2D eigenvalue weighted by Gasteiger charge is 2.11. The van der Waals surface area contributed by atoms with E-state index < -0.39 is 0 Å². The second-order valence-corrected chi connectivity index (χ2v) is 6.60. The van der Waals surface area contributed by atoms with Crippen molar-refractivity contribution in [2.45, 2.75) is 19.8 Å². The number of benzene rings is 2. The van der Waals surface area contributed by atoms with Crippen molar-refractivity contribution in [3.63, 3.8) is 0 Å². The number of halogens is 1.